The van der Waals surface area contributed by atoms with E-state index < -0.39 is 0 Å². The van der Waals surface area contributed by atoms with Gasteiger partial charge in [0.1, 0.15) is 11.5 Å². The van der Waals surface area contributed by atoms with Gasteiger partial charge in [-0.05, 0) is 62.1 Å². The van der Waals surface area contributed by atoms with Crippen LogP contribution in [0.3, 0.4) is 0 Å². The number of rotatable bonds is 4. The van der Waals surface area contributed by atoms with E-state index in [1.807, 2.05) is 48.5 Å². The fourth-order valence-corrected chi connectivity index (χ4v) is 4.10. The Morgan fingerprint density at radius 2 is 1.93 bits per heavy atom. The predicted octanol–water partition coefficient (Wildman–Crippen LogP) is 3.54. The van der Waals surface area contributed by atoms with Gasteiger partial charge in [0.25, 0.3) is 5.91 Å². The third-order valence-corrected chi connectivity index (χ3v) is 5.97. The number of hydrogen-bond acceptors (Lipinski definition) is 4. The fourth-order valence-electron chi connectivity index (χ4n) is 4.10. The number of piperidine rings is 1. The monoisotopic (exact) mass is 380 g/mol. The minimum Gasteiger partial charge on any atom is -0.497 e. The highest BCUT2D eigenvalue weighted by molar-refractivity contribution is 5.98. The minimum atomic E-state index is 0.0171. The number of amides is 1. The Morgan fingerprint density at radius 3 is 2.64 bits per heavy atom. The Kier molecular flexibility index (Phi) is 5.53. The molecule has 5 heteroatoms. The molecule has 2 aromatic rings. The number of para-hydroxylation sites is 1. The first kappa shape index (κ1) is 18.8. The summed E-state index contributed by atoms with van der Waals surface area (Å²) < 4.78 is 10.9. The molecule has 1 spiro atoms. The largest absolute Gasteiger partial charge is 0.497 e. The minimum absolute atomic E-state index is 0.0171. The molecule has 1 saturated carbocycles. The van der Waals surface area contributed by atoms with Gasteiger partial charge in [-0.1, -0.05) is 24.3 Å². The SMILES string of the molecule is COc1ccccc1.O=C1NCc2ccc(OCC3CCCNC34CC4)cc21. The van der Waals surface area contributed by atoms with Crippen LogP contribution < -0.4 is 20.1 Å². The molecule has 1 unspecified atom stereocenters. The lowest BCUT2D eigenvalue weighted by Crippen LogP contribution is -2.45. The Morgan fingerprint density at radius 1 is 1.11 bits per heavy atom. The summed E-state index contributed by atoms with van der Waals surface area (Å²) in [5.74, 6) is 2.36. The summed E-state index contributed by atoms with van der Waals surface area (Å²) >= 11 is 0. The maximum absolute atomic E-state index is 11.7. The van der Waals surface area contributed by atoms with Gasteiger partial charge < -0.3 is 20.1 Å². The Hall–Kier alpha value is -2.53. The van der Waals surface area contributed by atoms with E-state index in [1.165, 1.54) is 25.7 Å². The van der Waals surface area contributed by atoms with Crippen molar-refractivity contribution in [2.24, 2.45) is 5.92 Å². The van der Waals surface area contributed by atoms with Gasteiger partial charge in [0.2, 0.25) is 0 Å². The number of hydrogen-bond donors (Lipinski definition) is 2. The second-order valence-corrected chi connectivity index (χ2v) is 7.75. The molecule has 5 nitrogen and oxygen atoms in total. The van der Waals surface area contributed by atoms with E-state index in [2.05, 4.69) is 10.6 Å². The van der Waals surface area contributed by atoms with Gasteiger partial charge in [-0.2, -0.15) is 0 Å². The van der Waals surface area contributed by atoms with Crippen molar-refractivity contribution >= 4 is 5.91 Å². The summed E-state index contributed by atoms with van der Waals surface area (Å²) in [5, 5.41) is 6.50. The summed E-state index contributed by atoms with van der Waals surface area (Å²) in [7, 11) is 1.66. The van der Waals surface area contributed by atoms with Crippen LogP contribution in [0.1, 0.15) is 41.6 Å². The second kappa shape index (κ2) is 8.23. The zero-order valence-corrected chi connectivity index (χ0v) is 16.4. The van der Waals surface area contributed by atoms with E-state index in [9.17, 15) is 4.79 Å². The number of carbonyl (C=O) groups is 1. The van der Waals surface area contributed by atoms with Gasteiger partial charge in [-0.15, -0.1) is 0 Å². The van der Waals surface area contributed by atoms with Crippen LogP contribution in [0.2, 0.25) is 0 Å². The van der Waals surface area contributed by atoms with Crippen LogP contribution in [0.4, 0.5) is 0 Å². The first-order chi connectivity index (χ1) is 13.7. The van der Waals surface area contributed by atoms with Gasteiger partial charge in [0.05, 0.1) is 13.7 Å². The van der Waals surface area contributed by atoms with Crippen molar-refractivity contribution in [3.05, 3.63) is 59.7 Å². The third-order valence-electron chi connectivity index (χ3n) is 5.97. The van der Waals surface area contributed by atoms with Crippen LogP contribution in [0, 0.1) is 5.92 Å². The van der Waals surface area contributed by atoms with Gasteiger partial charge >= 0.3 is 0 Å². The third kappa shape index (κ3) is 4.14. The molecule has 2 fully saturated rings. The molecule has 148 valence electrons. The molecular weight excluding hydrogens is 352 g/mol. The lowest BCUT2D eigenvalue weighted by molar-refractivity contribution is 0.0965. The van der Waals surface area contributed by atoms with Crippen LogP contribution in [-0.4, -0.2) is 31.7 Å². The number of fused-ring (bicyclic) bond motifs is 1. The first-order valence-corrected chi connectivity index (χ1v) is 10.1. The van der Waals surface area contributed by atoms with Crippen LogP contribution in [-0.2, 0) is 6.54 Å². The Bertz CT molecular complexity index is 818. The van der Waals surface area contributed by atoms with Crippen molar-refractivity contribution in [1.82, 2.24) is 10.6 Å². The average Bonchev–Trinajstić information content (AvgIpc) is 3.42. The zero-order valence-electron chi connectivity index (χ0n) is 16.4. The highest BCUT2D eigenvalue weighted by Crippen LogP contribution is 2.46. The smallest absolute Gasteiger partial charge is 0.252 e. The van der Waals surface area contributed by atoms with Crippen molar-refractivity contribution in [1.29, 1.82) is 0 Å². The first-order valence-electron chi connectivity index (χ1n) is 10.1. The molecule has 2 heterocycles. The lowest BCUT2D eigenvalue weighted by atomic mass is 9.89. The number of nitrogens with one attached hydrogen (secondary N) is 2. The van der Waals surface area contributed by atoms with E-state index in [4.69, 9.17) is 9.47 Å². The lowest BCUT2D eigenvalue weighted by Gasteiger charge is -2.32. The van der Waals surface area contributed by atoms with Crippen molar-refractivity contribution in [2.45, 2.75) is 37.8 Å². The van der Waals surface area contributed by atoms with Gasteiger partial charge in [0.15, 0.2) is 0 Å². The number of benzene rings is 2. The van der Waals surface area contributed by atoms with Crippen molar-refractivity contribution < 1.29 is 14.3 Å². The predicted molar refractivity (Wildman–Crippen MR) is 109 cm³/mol. The molecule has 5 rings (SSSR count). The van der Waals surface area contributed by atoms with E-state index in [-0.39, 0.29) is 5.91 Å². The van der Waals surface area contributed by atoms with Crippen LogP contribution in [0.15, 0.2) is 48.5 Å². The van der Waals surface area contributed by atoms with Crippen LogP contribution in [0.25, 0.3) is 0 Å². The highest BCUT2D eigenvalue weighted by atomic mass is 16.5. The maximum Gasteiger partial charge on any atom is 0.252 e. The van der Waals surface area contributed by atoms with Crippen molar-refractivity contribution in [3.8, 4) is 11.5 Å². The Labute approximate surface area is 166 Å². The second-order valence-electron chi connectivity index (χ2n) is 7.75. The molecule has 2 N–H and O–H groups in total. The molecule has 0 aromatic heterocycles. The van der Waals surface area contributed by atoms with E-state index >= 15 is 0 Å². The van der Waals surface area contributed by atoms with Gasteiger partial charge in [-0.25, -0.2) is 0 Å². The molecule has 0 radical (unpaired) electrons. The average molecular weight is 380 g/mol. The summed E-state index contributed by atoms with van der Waals surface area (Å²) in [6.45, 7) is 2.55. The van der Waals surface area contributed by atoms with E-state index in [0.717, 1.165) is 35.8 Å². The van der Waals surface area contributed by atoms with E-state index in [1.54, 1.807) is 7.11 Å². The summed E-state index contributed by atoms with van der Waals surface area (Å²) in [4.78, 5) is 11.7. The van der Waals surface area contributed by atoms with Crippen LogP contribution in [0.5, 0.6) is 11.5 Å². The molecule has 3 aliphatic rings. The summed E-state index contributed by atoms with van der Waals surface area (Å²) in [6.07, 6.45) is 5.06. The maximum atomic E-state index is 11.7. The van der Waals surface area contributed by atoms with Gasteiger partial charge in [-0.3, -0.25) is 4.79 Å². The fraction of sp³-hybridized carbons (Fsp3) is 0.435. The van der Waals surface area contributed by atoms with E-state index in [0.29, 0.717) is 18.0 Å². The highest BCUT2D eigenvalue weighted by Gasteiger charge is 2.50. The molecule has 1 aliphatic carbocycles. The molecule has 2 aliphatic heterocycles. The Balaban J connectivity index is 0.000000203. The molecule has 1 atom stereocenters. The van der Waals surface area contributed by atoms with Crippen LogP contribution >= 0.6 is 0 Å². The van der Waals surface area contributed by atoms with Crippen molar-refractivity contribution in [3.63, 3.8) is 0 Å². The van der Waals surface area contributed by atoms with Gasteiger partial charge in [0, 0.05) is 23.6 Å². The molecular formula is C23H28N2O3. The number of carbonyl (C=O) groups excluding carboxylic acids is 1. The summed E-state index contributed by atoms with van der Waals surface area (Å²) in [6, 6.07) is 15.5. The standard InChI is InChI=1S/C16H20N2O2.C7H8O/c19-15-14-8-13(4-3-11(14)9-17-15)20-10-12-2-1-7-18-16(12)5-6-16;1-8-7-5-3-2-4-6-7/h3-4,8,12,18H,1-2,5-7,9-10H2,(H,17,19);2-6H,1H3. The molecule has 2 aromatic carbocycles. The zero-order chi connectivity index (χ0) is 19.4. The topological polar surface area (TPSA) is 59.6 Å². The molecule has 28 heavy (non-hydrogen) atoms. The van der Waals surface area contributed by atoms with Crippen molar-refractivity contribution in [2.75, 3.05) is 20.3 Å². The normalized spacial score (nSPS) is 21.2. The number of methoxy groups -OCH3 is 1. The molecule has 1 amide bonds. The quantitative estimate of drug-likeness (QED) is 0.852. The molecule has 1 saturated heterocycles. The summed E-state index contributed by atoms with van der Waals surface area (Å²) in [5.41, 5.74) is 2.21. The number of ether oxygens (including phenoxy) is 2. The molecule has 0 bridgehead atoms.